The van der Waals surface area contributed by atoms with Gasteiger partial charge in [-0.3, -0.25) is 14.6 Å². The standard InChI is InChI=1S/C19H21N5O2/c25-17(22-10-14-3-1-7-20-9-14)15-11-24(12-19(15)5-2-6-19)18(26)16-4-8-21-13-23-16/h1,3-4,7-9,13,15H,2,5-6,10-12H2,(H,22,25). The monoisotopic (exact) mass is 351 g/mol. The molecule has 1 atom stereocenters. The van der Waals surface area contributed by atoms with Gasteiger partial charge in [0, 0.05) is 43.6 Å². The number of aromatic nitrogens is 3. The van der Waals surface area contributed by atoms with Crippen LogP contribution < -0.4 is 5.32 Å². The number of rotatable bonds is 4. The van der Waals surface area contributed by atoms with Gasteiger partial charge in [0.05, 0.1) is 5.92 Å². The van der Waals surface area contributed by atoms with Gasteiger partial charge in [0.25, 0.3) is 5.91 Å². The Labute approximate surface area is 151 Å². The first-order valence-corrected chi connectivity index (χ1v) is 8.90. The summed E-state index contributed by atoms with van der Waals surface area (Å²) in [6, 6.07) is 5.41. The van der Waals surface area contributed by atoms with Crippen molar-refractivity contribution in [1.29, 1.82) is 0 Å². The van der Waals surface area contributed by atoms with Crippen LogP contribution in [0.4, 0.5) is 0 Å². The number of amides is 2. The summed E-state index contributed by atoms with van der Waals surface area (Å²) in [5.41, 5.74) is 1.27. The van der Waals surface area contributed by atoms with Crippen LogP contribution in [0.15, 0.2) is 43.1 Å². The van der Waals surface area contributed by atoms with Crippen molar-refractivity contribution in [1.82, 2.24) is 25.2 Å². The summed E-state index contributed by atoms with van der Waals surface area (Å²) in [4.78, 5) is 39.3. The van der Waals surface area contributed by atoms with Crippen molar-refractivity contribution in [3.8, 4) is 0 Å². The van der Waals surface area contributed by atoms with Crippen molar-refractivity contribution >= 4 is 11.8 Å². The summed E-state index contributed by atoms with van der Waals surface area (Å²) >= 11 is 0. The zero-order valence-corrected chi connectivity index (χ0v) is 14.5. The van der Waals surface area contributed by atoms with E-state index in [-0.39, 0.29) is 23.1 Å². The Morgan fingerprint density at radius 1 is 1.23 bits per heavy atom. The summed E-state index contributed by atoms with van der Waals surface area (Å²) < 4.78 is 0. The van der Waals surface area contributed by atoms with E-state index in [0.717, 1.165) is 24.8 Å². The third kappa shape index (κ3) is 3.05. The van der Waals surface area contributed by atoms with Crippen LogP contribution in [-0.2, 0) is 11.3 Å². The minimum Gasteiger partial charge on any atom is -0.352 e. The van der Waals surface area contributed by atoms with Crippen LogP contribution >= 0.6 is 0 Å². The zero-order chi connectivity index (χ0) is 18.0. The van der Waals surface area contributed by atoms with Gasteiger partial charge in [-0.25, -0.2) is 9.97 Å². The summed E-state index contributed by atoms with van der Waals surface area (Å²) in [6.45, 7) is 1.53. The molecule has 1 spiro atoms. The van der Waals surface area contributed by atoms with Gasteiger partial charge in [0.2, 0.25) is 5.91 Å². The van der Waals surface area contributed by atoms with Crippen LogP contribution in [-0.4, -0.2) is 44.8 Å². The quantitative estimate of drug-likeness (QED) is 0.900. The van der Waals surface area contributed by atoms with E-state index < -0.39 is 0 Å². The molecule has 1 N–H and O–H groups in total. The van der Waals surface area contributed by atoms with E-state index in [1.54, 1.807) is 29.6 Å². The highest BCUT2D eigenvalue weighted by Crippen LogP contribution is 2.51. The van der Waals surface area contributed by atoms with Crippen LogP contribution in [0.2, 0.25) is 0 Å². The lowest BCUT2D eigenvalue weighted by Crippen LogP contribution is -2.45. The van der Waals surface area contributed by atoms with Gasteiger partial charge in [-0.2, -0.15) is 0 Å². The van der Waals surface area contributed by atoms with Crippen LogP contribution in [0, 0.1) is 11.3 Å². The molecule has 0 aromatic carbocycles. The van der Waals surface area contributed by atoms with Crippen molar-refractivity contribution < 1.29 is 9.59 Å². The molecule has 2 aromatic heterocycles. The van der Waals surface area contributed by atoms with Crippen LogP contribution in [0.25, 0.3) is 0 Å². The molecule has 1 aliphatic carbocycles. The average Bonchev–Trinajstić information content (AvgIpc) is 3.08. The summed E-state index contributed by atoms with van der Waals surface area (Å²) in [6.07, 6.45) is 9.49. The van der Waals surface area contributed by atoms with E-state index in [2.05, 4.69) is 20.3 Å². The normalized spacial score (nSPS) is 20.6. The molecule has 26 heavy (non-hydrogen) atoms. The molecule has 7 heteroatoms. The van der Waals surface area contributed by atoms with Gasteiger partial charge >= 0.3 is 0 Å². The molecule has 2 aromatic rings. The number of carbonyl (C=O) groups excluding carboxylic acids is 2. The maximum Gasteiger partial charge on any atom is 0.272 e. The minimum absolute atomic E-state index is 0.0199. The molecule has 2 aliphatic rings. The van der Waals surface area contributed by atoms with Gasteiger partial charge in [0.1, 0.15) is 12.0 Å². The molecule has 1 saturated heterocycles. The highest BCUT2D eigenvalue weighted by Gasteiger charge is 2.54. The Morgan fingerprint density at radius 2 is 2.12 bits per heavy atom. The highest BCUT2D eigenvalue weighted by molar-refractivity contribution is 5.93. The van der Waals surface area contributed by atoms with E-state index in [1.807, 2.05) is 12.1 Å². The van der Waals surface area contributed by atoms with Gasteiger partial charge in [-0.05, 0) is 30.5 Å². The van der Waals surface area contributed by atoms with Gasteiger partial charge < -0.3 is 10.2 Å². The maximum absolute atomic E-state index is 12.8. The van der Waals surface area contributed by atoms with Crippen LogP contribution in [0.5, 0.6) is 0 Å². The van der Waals surface area contributed by atoms with Crippen LogP contribution in [0.3, 0.4) is 0 Å². The third-order valence-corrected chi connectivity index (χ3v) is 5.59. The number of nitrogens with zero attached hydrogens (tertiary/aromatic N) is 4. The third-order valence-electron chi connectivity index (χ3n) is 5.59. The second-order valence-corrected chi connectivity index (χ2v) is 7.13. The van der Waals surface area contributed by atoms with Crippen molar-refractivity contribution in [3.05, 3.63) is 54.4 Å². The molecule has 134 valence electrons. The Kier molecular flexibility index (Phi) is 4.36. The lowest BCUT2D eigenvalue weighted by atomic mass is 9.62. The molecule has 2 amide bonds. The molecule has 4 rings (SSSR count). The molecular weight excluding hydrogens is 330 g/mol. The van der Waals surface area contributed by atoms with Gasteiger partial charge in [-0.1, -0.05) is 12.5 Å². The SMILES string of the molecule is O=C(NCc1cccnc1)C1CN(C(=O)c2ccncn2)CC12CCC2. The lowest BCUT2D eigenvalue weighted by molar-refractivity contribution is -0.129. The molecule has 1 aliphatic heterocycles. The first-order chi connectivity index (χ1) is 12.7. The maximum atomic E-state index is 12.8. The Bertz CT molecular complexity index is 792. The van der Waals surface area contributed by atoms with E-state index in [0.29, 0.717) is 25.3 Å². The van der Waals surface area contributed by atoms with Gasteiger partial charge in [0.15, 0.2) is 0 Å². The predicted octanol–water partition coefficient (Wildman–Crippen LogP) is 1.43. The van der Waals surface area contributed by atoms with E-state index in [1.165, 1.54) is 6.33 Å². The Hall–Kier alpha value is -2.83. The van der Waals surface area contributed by atoms with Crippen LogP contribution in [0.1, 0.15) is 35.3 Å². The summed E-state index contributed by atoms with van der Waals surface area (Å²) in [7, 11) is 0. The second-order valence-electron chi connectivity index (χ2n) is 7.13. The second kappa shape index (κ2) is 6.82. The molecule has 3 heterocycles. The number of nitrogens with one attached hydrogen (secondary N) is 1. The summed E-state index contributed by atoms with van der Waals surface area (Å²) in [5, 5.41) is 3.02. The Balaban J connectivity index is 1.45. The number of carbonyl (C=O) groups is 2. The first kappa shape index (κ1) is 16.6. The smallest absolute Gasteiger partial charge is 0.272 e. The molecule has 7 nitrogen and oxygen atoms in total. The fourth-order valence-electron chi connectivity index (χ4n) is 4.02. The fourth-order valence-corrected chi connectivity index (χ4v) is 4.02. The lowest BCUT2D eigenvalue weighted by Gasteiger charge is -2.41. The Morgan fingerprint density at radius 3 is 2.77 bits per heavy atom. The zero-order valence-electron chi connectivity index (χ0n) is 14.5. The number of hydrogen-bond donors (Lipinski definition) is 1. The van der Waals surface area contributed by atoms with Crippen molar-refractivity contribution in [3.63, 3.8) is 0 Å². The predicted molar refractivity (Wildman–Crippen MR) is 93.8 cm³/mol. The fraction of sp³-hybridized carbons (Fsp3) is 0.421. The van der Waals surface area contributed by atoms with E-state index in [9.17, 15) is 9.59 Å². The van der Waals surface area contributed by atoms with Gasteiger partial charge in [-0.15, -0.1) is 0 Å². The molecular formula is C19H21N5O2. The molecule has 1 unspecified atom stereocenters. The van der Waals surface area contributed by atoms with Crippen molar-refractivity contribution in [2.24, 2.45) is 11.3 Å². The van der Waals surface area contributed by atoms with Crippen molar-refractivity contribution in [2.75, 3.05) is 13.1 Å². The molecule has 1 saturated carbocycles. The highest BCUT2D eigenvalue weighted by atomic mass is 16.2. The molecule has 2 fully saturated rings. The van der Waals surface area contributed by atoms with E-state index >= 15 is 0 Å². The molecule has 0 bridgehead atoms. The van der Waals surface area contributed by atoms with E-state index in [4.69, 9.17) is 0 Å². The topological polar surface area (TPSA) is 88.1 Å². The summed E-state index contributed by atoms with van der Waals surface area (Å²) in [5.74, 6) is -0.272. The number of pyridine rings is 1. The molecule has 0 radical (unpaired) electrons. The minimum atomic E-state index is -0.168. The number of hydrogen-bond acceptors (Lipinski definition) is 5. The average molecular weight is 351 g/mol. The number of likely N-dealkylation sites (tertiary alicyclic amines) is 1. The largest absolute Gasteiger partial charge is 0.352 e. The first-order valence-electron chi connectivity index (χ1n) is 8.90. The van der Waals surface area contributed by atoms with Crippen molar-refractivity contribution in [2.45, 2.75) is 25.8 Å².